The molecule has 0 spiro atoms. The van der Waals surface area contributed by atoms with Gasteiger partial charge in [-0.15, -0.1) is 0 Å². The van der Waals surface area contributed by atoms with Crippen LogP contribution in [-0.2, 0) is 16.6 Å². The Morgan fingerprint density at radius 2 is 2.04 bits per heavy atom. The number of aryl methyl sites for hydroxylation is 1. The summed E-state index contributed by atoms with van der Waals surface area (Å²) in [5, 5.41) is 9.37. The number of hydrogen-bond donors (Lipinski definition) is 2. The molecule has 9 nitrogen and oxygen atoms in total. The highest BCUT2D eigenvalue weighted by Gasteiger charge is 2.35. The van der Waals surface area contributed by atoms with Crippen LogP contribution in [0.1, 0.15) is 16.8 Å². The van der Waals surface area contributed by atoms with E-state index in [0.29, 0.717) is 29.9 Å². The third-order valence-corrected chi connectivity index (χ3v) is 4.62. The largest absolute Gasteiger partial charge is 0.359 e. The van der Waals surface area contributed by atoms with Crippen molar-refractivity contribution < 1.29 is 14.4 Å². The minimum absolute atomic E-state index is 0.101. The highest BCUT2D eigenvalue weighted by molar-refractivity contribution is 6.00. The summed E-state index contributed by atoms with van der Waals surface area (Å²) in [6.45, 7) is 0.644. The standard InChI is InChI=1S/C19H21N5O4/c1-20-16(25)11-15-18(27)21-8-9-24(15)19(28)13-5-3-4-12(10-13)14-6-7-17(26)23(2)22-14/h3-7,10,15H,8-9,11H2,1-2H3,(H,20,25)(H,21,27). The van der Waals surface area contributed by atoms with Crippen molar-refractivity contribution in [3.05, 3.63) is 52.3 Å². The average Bonchev–Trinajstić information content (AvgIpc) is 2.71. The zero-order chi connectivity index (χ0) is 20.3. The molecule has 1 aliphatic heterocycles. The molecule has 28 heavy (non-hydrogen) atoms. The molecule has 1 aromatic carbocycles. The number of benzene rings is 1. The maximum atomic E-state index is 13.1. The van der Waals surface area contributed by atoms with Crippen molar-refractivity contribution in [1.82, 2.24) is 25.3 Å². The van der Waals surface area contributed by atoms with Gasteiger partial charge in [0.25, 0.3) is 11.5 Å². The molecule has 0 radical (unpaired) electrons. The van der Waals surface area contributed by atoms with Crippen LogP contribution in [0.15, 0.2) is 41.2 Å². The van der Waals surface area contributed by atoms with Gasteiger partial charge in [0.15, 0.2) is 0 Å². The SMILES string of the molecule is CNC(=O)CC1C(=O)NCCN1C(=O)c1cccc(-c2ccc(=O)n(C)n2)c1. The first-order chi connectivity index (χ1) is 13.4. The number of hydrogen-bond acceptors (Lipinski definition) is 5. The molecule has 1 saturated heterocycles. The fraction of sp³-hybridized carbons (Fsp3) is 0.316. The zero-order valence-corrected chi connectivity index (χ0v) is 15.6. The fourth-order valence-electron chi connectivity index (χ4n) is 3.07. The minimum atomic E-state index is -0.861. The molecule has 146 valence electrons. The Morgan fingerprint density at radius 3 is 2.75 bits per heavy atom. The highest BCUT2D eigenvalue weighted by Crippen LogP contribution is 2.20. The Bertz CT molecular complexity index is 984. The number of carbonyl (C=O) groups is 3. The minimum Gasteiger partial charge on any atom is -0.359 e. The molecule has 3 rings (SSSR count). The van der Waals surface area contributed by atoms with Crippen LogP contribution in [-0.4, -0.2) is 58.6 Å². The molecule has 1 aliphatic rings. The predicted molar refractivity (Wildman–Crippen MR) is 101 cm³/mol. The van der Waals surface area contributed by atoms with Gasteiger partial charge in [-0.25, -0.2) is 4.68 Å². The number of carbonyl (C=O) groups excluding carboxylic acids is 3. The highest BCUT2D eigenvalue weighted by atomic mass is 16.2. The van der Waals surface area contributed by atoms with Crippen molar-refractivity contribution >= 4 is 17.7 Å². The molecule has 2 aromatic rings. The van der Waals surface area contributed by atoms with Gasteiger partial charge in [-0.05, 0) is 18.2 Å². The normalized spacial score (nSPS) is 16.4. The van der Waals surface area contributed by atoms with Gasteiger partial charge in [0, 0.05) is 44.4 Å². The van der Waals surface area contributed by atoms with E-state index in [0.717, 1.165) is 0 Å². The van der Waals surface area contributed by atoms with E-state index in [4.69, 9.17) is 0 Å². The zero-order valence-electron chi connectivity index (χ0n) is 15.6. The lowest BCUT2D eigenvalue weighted by atomic mass is 10.0. The maximum Gasteiger partial charge on any atom is 0.266 e. The van der Waals surface area contributed by atoms with E-state index < -0.39 is 6.04 Å². The molecule has 2 heterocycles. The Morgan fingerprint density at radius 1 is 1.25 bits per heavy atom. The summed E-state index contributed by atoms with van der Waals surface area (Å²) in [7, 11) is 3.04. The van der Waals surface area contributed by atoms with Gasteiger partial charge >= 0.3 is 0 Å². The van der Waals surface area contributed by atoms with Crippen LogP contribution < -0.4 is 16.2 Å². The molecule has 0 aliphatic carbocycles. The van der Waals surface area contributed by atoms with Crippen LogP contribution in [0, 0.1) is 0 Å². The first-order valence-corrected chi connectivity index (χ1v) is 8.85. The molecular formula is C19H21N5O4. The third kappa shape index (κ3) is 3.93. The molecule has 2 N–H and O–H groups in total. The smallest absolute Gasteiger partial charge is 0.266 e. The summed E-state index contributed by atoms with van der Waals surface area (Å²) in [4.78, 5) is 50.0. The average molecular weight is 383 g/mol. The first kappa shape index (κ1) is 19.3. The fourth-order valence-corrected chi connectivity index (χ4v) is 3.07. The van der Waals surface area contributed by atoms with Crippen LogP contribution in [0.25, 0.3) is 11.3 Å². The van der Waals surface area contributed by atoms with E-state index in [2.05, 4.69) is 15.7 Å². The summed E-state index contributed by atoms with van der Waals surface area (Å²) < 4.78 is 1.22. The molecule has 9 heteroatoms. The number of rotatable bonds is 4. The summed E-state index contributed by atoms with van der Waals surface area (Å²) in [5.41, 5.74) is 1.37. The van der Waals surface area contributed by atoms with Gasteiger partial charge in [0.1, 0.15) is 6.04 Å². The van der Waals surface area contributed by atoms with Crippen molar-refractivity contribution in [1.29, 1.82) is 0 Å². The number of nitrogens with zero attached hydrogens (tertiary/aromatic N) is 3. The van der Waals surface area contributed by atoms with E-state index >= 15 is 0 Å². The number of aromatic nitrogens is 2. The van der Waals surface area contributed by atoms with E-state index in [-0.39, 0.29) is 29.7 Å². The third-order valence-electron chi connectivity index (χ3n) is 4.62. The van der Waals surface area contributed by atoms with Crippen LogP contribution in [0.5, 0.6) is 0 Å². The Labute approximate surface area is 161 Å². The van der Waals surface area contributed by atoms with Crippen LogP contribution in [0.3, 0.4) is 0 Å². The Hall–Kier alpha value is -3.49. The molecule has 1 aromatic heterocycles. The lowest BCUT2D eigenvalue weighted by Gasteiger charge is -2.34. The van der Waals surface area contributed by atoms with Crippen molar-refractivity contribution in [2.24, 2.45) is 7.05 Å². The van der Waals surface area contributed by atoms with Crippen LogP contribution in [0.4, 0.5) is 0 Å². The van der Waals surface area contributed by atoms with E-state index in [1.165, 1.54) is 22.7 Å². The van der Waals surface area contributed by atoms with Crippen LogP contribution in [0.2, 0.25) is 0 Å². The van der Waals surface area contributed by atoms with E-state index in [1.54, 1.807) is 37.4 Å². The molecule has 3 amide bonds. The molecule has 0 saturated carbocycles. The molecule has 1 fully saturated rings. The van der Waals surface area contributed by atoms with Gasteiger partial charge in [0.2, 0.25) is 11.8 Å². The van der Waals surface area contributed by atoms with E-state index in [1.807, 2.05) is 0 Å². The first-order valence-electron chi connectivity index (χ1n) is 8.85. The van der Waals surface area contributed by atoms with Crippen LogP contribution >= 0.6 is 0 Å². The number of nitrogens with one attached hydrogen (secondary N) is 2. The second-order valence-electron chi connectivity index (χ2n) is 6.44. The summed E-state index contributed by atoms with van der Waals surface area (Å²) in [5.74, 6) is -1.00. The van der Waals surface area contributed by atoms with Gasteiger partial charge in [0.05, 0.1) is 12.1 Å². The monoisotopic (exact) mass is 383 g/mol. The summed E-state index contributed by atoms with van der Waals surface area (Å²) in [6.07, 6.45) is -0.101. The second-order valence-corrected chi connectivity index (χ2v) is 6.44. The van der Waals surface area contributed by atoms with Crippen molar-refractivity contribution in [2.75, 3.05) is 20.1 Å². The molecular weight excluding hydrogens is 362 g/mol. The molecule has 1 atom stereocenters. The second kappa shape index (κ2) is 8.03. The van der Waals surface area contributed by atoms with E-state index in [9.17, 15) is 19.2 Å². The number of piperazine rings is 1. The van der Waals surface area contributed by atoms with Gasteiger partial charge in [-0.2, -0.15) is 5.10 Å². The lowest BCUT2D eigenvalue weighted by Crippen LogP contribution is -2.58. The Kier molecular flexibility index (Phi) is 5.53. The quantitative estimate of drug-likeness (QED) is 0.741. The van der Waals surface area contributed by atoms with Crippen molar-refractivity contribution in [2.45, 2.75) is 12.5 Å². The van der Waals surface area contributed by atoms with Crippen molar-refractivity contribution in [3.8, 4) is 11.3 Å². The predicted octanol–water partition coefficient (Wildman–Crippen LogP) is -0.476. The maximum absolute atomic E-state index is 13.1. The summed E-state index contributed by atoms with van der Waals surface area (Å²) in [6, 6.07) is 8.96. The lowest BCUT2D eigenvalue weighted by molar-refractivity contribution is -0.132. The van der Waals surface area contributed by atoms with Crippen molar-refractivity contribution in [3.63, 3.8) is 0 Å². The Balaban J connectivity index is 1.90. The molecule has 0 bridgehead atoms. The van der Waals surface area contributed by atoms with Gasteiger partial charge < -0.3 is 15.5 Å². The summed E-state index contributed by atoms with van der Waals surface area (Å²) >= 11 is 0. The van der Waals surface area contributed by atoms with Gasteiger partial charge in [-0.1, -0.05) is 12.1 Å². The number of amides is 3. The van der Waals surface area contributed by atoms with Gasteiger partial charge in [-0.3, -0.25) is 19.2 Å². The topological polar surface area (TPSA) is 113 Å². The molecule has 1 unspecified atom stereocenters.